The van der Waals surface area contributed by atoms with Crippen molar-refractivity contribution in [2.45, 2.75) is 58.4 Å². The van der Waals surface area contributed by atoms with Gasteiger partial charge in [-0.2, -0.15) is 0 Å². The van der Waals surface area contributed by atoms with E-state index in [0.29, 0.717) is 19.3 Å². The minimum absolute atomic E-state index is 0.0324. The average Bonchev–Trinajstić information content (AvgIpc) is 3.03. The molecule has 0 bridgehead atoms. The molecule has 44 heavy (non-hydrogen) atoms. The second kappa shape index (κ2) is 17.9. The van der Waals surface area contributed by atoms with Gasteiger partial charge >= 0.3 is 11.9 Å². The van der Waals surface area contributed by atoms with E-state index in [1.165, 1.54) is 0 Å². The van der Waals surface area contributed by atoms with E-state index in [9.17, 15) is 24.0 Å². The number of hydrogen-bond donors (Lipinski definition) is 1. The molecular formula is C36H40ClNO6. The number of alkyl halides is 1. The number of halogens is 1. The first-order valence-electron chi connectivity index (χ1n) is 15.0. The lowest BCUT2D eigenvalue weighted by molar-refractivity contribution is -0.145. The van der Waals surface area contributed by atoms with Crippen LogP contribution in [0.3, 0.4) is 0 Å². The maximum Gasteiger partial charge on any atom is 0.345 e. The van der Waals surface area contributed by atoms with Gasteiger partial charge in [0, 0.05) is 18.8 Å². The molecule has 0 aliphatic heterocycles. The van der Waals surface area contributed by atoms with Crippen LogP contribution in [0.4, 0.5) is 0 Å². The van der Waals surface area contributed by atoms with Crippen molar-refractivity contribution in [1.82, 2.24) is 5.32 Å². The van der Waals surface area contributed by atoms with Crippen molar-refractivity contribution in [3.8, 4) is 0 Å². The molecule has 0 heterocycles. The van der Waals surface area contributed by atoms with Gasteiger partial charge in [-0.3, -0.25) is 19.2 Å². The lowest BCUT2D eigenvalue weighted by atomic mass is 9.88. The number of Topliss-reactive ketones (excluding diaryl/α,β-unsaturated/α-hetero) is 2. The van der Waals surface area contributed by atoms with Gasteiger partial charge in [-0.15, -0.1) is 11.6 Å². The molecule has 3 rings (SSSR count). The minimum atomic E-state index is -0.948. The quantitative estimate of drug-likeness (QED) is 0.110. The summed E-state index contributed by atoms with van der Waals surface area (Å²) in [7, 11) is 0. The fourth-order valence-corrected chi connectivity index (χ4v) is 5.11. The number of ketones is 2. The van der Waals surface area contributed by atoms with E-state index in [0.717, 1.165) is 11.1 Å². The van der Waals surface area contributed by atoms with Crippen LogP contribution in [-0.4, -0.2) is 41.3 Å². The third-order valence-corrected chi connectivity index (χ3v) is 7.64. The largest absolute Gasteiger partial charge is 0.389 e. The lowest BCUT2D eigenvalue weighted by Gasteiger charge is -2.24. The summed E-state index contributed by atoms with van der Waals surface area (Å²) >= 11 is 5.77. The Morgan fingerprint density at radius 1 is 0.750 bits per heavy atom. The number of aryl methyl sites for hydroxylation is 1. The van der Waals surface area contributed by atoms with Crippen LogP contribution in [-0.2, 0) is 36.8 Å². The Morgan fingerprint density at radius 2 is 1.32 bits per heavy atom. The van der Waals surface area contributed by atoms with Crippen LogP contribution in [0.2, 0.25) is 0 Å². The Bertz CT molecular complexity index is 1380. The van der Waals surface area contributed by atoms with Crippen LogP contribution in [0.1, 0.15) is 61.0 Å². The molecule has 0 saturated heterocycles. The topological polar surface area (TPSA) is 107 Å². The van der Waals surface area contributed by atoms with E-state index < -0.39 is 35.7 Å². The average molecular weight is 618 g/mol. The van der Waals surface area contributed by atoms with Crippen molar-refractivity contribution in [2.24, 2.45) is 17.8 Å². The number of esters is 2. The second-order valence-electron chi connectivity index (χ2n) is 11.4. The molecule has 8 heteroatoms. The summed E-state index contributed by atoms with van der Waals surface area (Å²) in [5.41, 5.74) is 2.06. The van der Waals surface area contributed by atoms with E-state index in [-0.39, 0.29) is 48.2 Å². The first-order valence-corrected chi connectivity index (χ1v) is 15.5. The lowest BCUT2D eigenvalue weighted by Crippen LogP contribution is -2.46. The van der Waals surface area contributed by atoms with Crippen LogP contribution < -0.4 is 5.32 Å². The number of carbonyl (C=O) groups excluding carboxylic acids is 5. The van der Waals surface area contributed by atoms with Crippen molar-refractivity contribution in [3.63, 3.8) is 0 Å². The van der Waals surface area contributed by atoms with Gasteiger partial charge in [0.25, 0.3) is 0 Å². The van der Waals surface area contributed by atoms with Gasteiger partial charge < -0.3 is 10.1 Å². The number of ether oxygens (including phenoxy) is 1. The molecule has 0 radical (unpaired) electrons. The first kappa shape index (κ1) is 34.4. The van der Waals surface area contributed by atoms with Crippen LogP contribution in [0.25, 0.3) is 0 Å². The van der Waals surface area contributed by atoms with Gasteiger partial charge in [0.15, 0.2) is 5.78 Å². The van der Waals surface area contributed by atoms with Gasteiger partial charge in [-0.25, -0.2) is 4.79 Å². The van der Waals surface area contributed by atoms with E-state index in [2.05, 4.69) is 5.32 Å². The van der Waals surface area contributed by atoms with E-state index in [4.69, 9.17) is 16.3 Å². The summed E-state index contributed by atoms with van der Waals surface area (Å²) in [6.45, 7) is 3.87. The summed E-state index contributed by atoms with van der Waals surface area (Å²) in [6.07, 6.45) is 1.25. The van der Waals surface area contributed by atoms with Crippen molar-refractivity contribution in [2.75, 3.05) is 5.88 Å². The van der Waals surface area contributed by atoms with Crippen LogP contribution in [0, 0.1) is 17.8 Å². The molecule has 0 aliphatic rings. The highest BCUT2D eigenvalue weighted by atomic mass is 35.5. The molecule has 3 aromatic carbocycles. The van der Waals surface area contributed by atoms with Crippen LogP contribution in [0.15, 0.2) is 91.0 Å². The predicted molar refractivity (Wildman–Crippen MR) is 170 cm³/mol. The van der Waals surface area contributed by atoms with Crippen molar-refractivity contribution < 1.29 is 28.7 Å². The summed E-state index contributed by atoms with van der Waals surface area (Å²) in [5, 5.41) is 2.89. The van der Waals surface area contributed by atoms with Gasteiger partial charge in [0.1, 0.15) is 5.78 Å². The second-order valence-corrected chi connectivity index (χ2v) is 11.7. The number of hydrogen-bond acceptors (Lipinski definition) is 6. The van der Waals surface area contributed by atoms with E-state index >= 15 is 0 Å². The molecule has 1 amide bonds. The van der Waals surface area contributed by atoms with Crippen molar-refractivity contribution in [1.29, 1.82) is 0 Å². The van der Waals surface area contributed by atoms with Gasteiger partial charge in [0.05, 0.1) is 23.4 Å². The zero-order valence-electron chi connectivity index (χ0n) is 25.2. The SMILES string of the molecule is CC(C)C[C@H](NC(=O)[C@H](CCc1ccccc1)CC(=O)CCl)C(=O)C[C@@H](Cc1ccccc1)C(=O)OC(=O)c1ccccc1. The predicted octanol–water partition coefficient (Wildman–Crippen LogP) is 6.17. The third-order valence-electron chi connectivity index (χ3n) is 7.34. The van der Waals surface area contributed by atoms with Gasteiger partial charge in [-0.05, 0) is 54.9 Å². The normalized spacial score (nSPS) is 13.0. The highest BCUT2D eigenvalue weighted by Gasteiger charge is 2.32. The highest BCUT2D eigenvalue weighted by molar-refractivity contribution is 6.27. The van der Waals surface area contributed by atoms with Crippen LogP contribution >= 0.6 is 11.6 Å². The fraction of sp³-hybridized carbons (Fsp3) is 0.361. The van der Waals surface area contributed by atoms with Crippen molar-refractivity contribution >= 4 is 41.0 Å². The molecule has 1 N–H and O–H groups in total. The number of rotatable bonds is 17. The number of nitrogens with one attached hydrogen (secondary N) is 1. The summed E-state index contributed by atoms with van der Waals surface area (Å²) < 4.78 is 5.21. The Balaban J connectivity index is 1.78. The summed E-state index contributed by atoms with van der Waals surface area (Å²) in [5.74, 6) is -4.36. The third kappa shape index (κ3) is 11.5. The molecule has 0 aromatic heterocycles. The summed E-state index contributed by atoms with van der Waals surface area (Å²) in [6, 6.07) is 26.1. The van der Waals surface area contributed by atoms with E-state index in [1.54, 1.807) is 30.3 Å². The highest BCUT2D eigenvalue weighted by Crippen LogP contribution is 2.21. The Kier molecular flexibility index (Phi) is 14.0. The molecule has 0 saturated carbocycles. The molecule has 0 aliphatic carbocycles. The molecule has 7 nitrogen and oxygen atoms in total. The number of carbonyl (C=O) groups is 5. The number of benzene rings is 3. The molecular weight excluding hydrogens is 578 g/mol. The van der Waals surface area contributed by atoms with Crippen LogP contribution in [0.5, 0.6) is 0 Å². The Hall–Kier alpha value is -4.10. The molecule has 0 unspecified atom stereocenters. The monoisotopic (exact) mass is 617 g/mol. The zero-order chi connectivity index (χ0) is 31.9. The smallest absolute Gasteiger partial charge is 0.345 e. The molecule has 3 atom stereocenters. The van der Waals surface area contributed by atoms with Gasteiger partial charge in [-0.1, -0.05) is 92.7 Å². The van der Waals surface area contributed by atoms with Gasteiger partial charge in [0.2, 0.25) is 5.91 Å². The molecule has 232 valence electrons. The maximum atomic E-state index is 13.8. The molecule has 0 fully saturated rings. The number of amides is 1. The minimum Gasteiger partial charge on any atom is -0.389 e. The summed E-state index contributed by atoms with van der Waals surface area (Å²) in [4.78, 5) is 65.5. The standard InChI is InChI=1S/C36H40ClNO6/c1-25(2)20-32(38-34(41)29(22-31(39)24-37)19-18-26-12-6-3-7-13-26)33(40)23-30(21-27-14-8-4-9-15-27)36(43)44-35(42)28-16-10-5-11-17-28/h3-17,25,29-30,32H,18-24H2,1-2H3,(H,38,41)/t29-,30-,32+/m1/s1. The fourth-order valence-electron chi connectivity index (χ4n) is 5.00. The molecule has 3 aromatic rings. The maximum absolute atomic E-state index is 13.8. The zero-order valence-corrected chi connectivity index (χ0v) is 26.0. The Labute approximate surface area is 264 Å². The van der Waals surface area contributed by atoms with E-state index in [1.807, 2.05) is 74.5 Å². The Morgan fingerprint density at radius 3 is 1.89 bits per heavy atom. The first-order chi connectivity index (χ1) is 21.2. The molecule has 0 spiro atoms. The van der Waals surface area contributed by atoms with Crippen molar-refractivity contribution in [3.05, 3.63) is 108 Å².